The fourth-order valence-electron chi connectivity index (χ4n) is 1.22. The van der Waals surface area contributed by atoms with E-state index in [1.165, 1.54) is 10.9 Å². The third-order valence-corrected chi connectivity index (χ3v) is 2.00. The summed E-state index contributed by atoms with van der Waals surface area (Å²) >= 11 is 0. The predicted octanol–water partition coefficient (Wildman–Crippen LogP) is -0.235. The third-order valence-electron chi connectivity index (χ3n) is 2.00. The largest absolute Gasteiger partial charge is 0.390 e. The lowest BCUT2D eigenvalue weighted by molar-refractivity contribution is -0.385. The Labute approximate surface area is 98.6 Å². The Morgan fingerprint density at radius 1 is 1.76 bits per heavy atom. The molecule has 0 aromatic carbocycles. The first-order chi connectivity index (χ1) is 8.13. The van der Waals surface area contributed by atoms with Crippen LogP contribution < -0.4 is 5.32 Å². The molecular weight excluding hydrogens is 224 g/mol. The van der Waals surface area contributed by atoms with Crippen LogP contribution in [0.1, 0.15) is 6.92 Å². The maximum Gasteiger partial charge on any atom is 0.306 e. The summed E-state index contributed by atoms with van der Waals surface area (Å²) in [5.74, 6) is 5.52. The van der Waals surface area contributed by atoms with E-state index in [0.717, 1.165) is 6.20 Å². The summed E-state index contributed by atoms with van der Waals surface area (Å²) in [4.78, 5) is 9.88. The van der Waals surface area contributed by atoms with Crippen molar-refractivity contribution in [2.45, 2.75) is 19.6 Å². The van der Waals surface area contributed by atoms with Crippen molar-refractivity contribution in [2.75, 3.05) is 13.1 Å². The van der Waals surface area contributed by atoms with Crippen molar-refractivity contribution in [2.24, 2.45) is 0 Å². The first kappa shape index (κ1) is 13.2. The van der Waals surface area contributed by atoms with Crippen LogP contribution in [0.2, 0.25) is 0 Å². The molecule has 0 radical (unpaired) electrons. The summed E-state index contributed by atoms with van der Waals surface area (Å²) in [6.45, 7) is 2.82. The molecule has 0 spiro atoms. The summed E-state index contributed by atoms with van der Waals surface area (Å²) in [7, 11) is 0. The van der Waals surface area contributed by atoms with Gasteiger partial charge in [0.25, 0.3) is 0 Å². The smallest absolute Gasteiger partial charge is 0.306 e. The molecule has 1 unspecified atom stereocenters. The number of nitrogens with one attached hydrogen (secondary N) is 1. The van der Waals surface area contributed by atoms with Crippen LogP contribution in [0.4, 0.5) is 5.69 Å². The van der Waals surface area contributed by atoms with Crippen molar-refractivity contribution in [1.82, 2.24) is 15.1 Å². The monoisotopic (exact) mass is 238 g/mol. The third kappa shape index (κ3) is 4.63. The minimum Gasteiger partial charge on any atom is -0.390 e. The highest BCUT2D eigenvalue weighted by Gasteiger charge is 2.11. The fourth-order valence-corrected chi connectivity index (χ4v) is 1.22. The van der Waals surface area contributed by atoms with Crippen LogP contribution in [0, 0.1) is 22.0 Å². The number of aliphatic hydroxyl groups excluding tert-OH is 1. The van der Waals surface area contributed by atoms with Crippen molar-refractivity contribution in [1.29, 1.82) is 0 Å². The van der Waals surface area contributed by atoms with E-state index in [1.54, 1.807) is 6.92 Å². The van der Waals surface area contributed by atoms with E-state index in [1.807, 2.05) is 0 Å². The van der Waals surface area contributed by atoms with Gasteiger partial charge in [-0.25, -0.2) is 0 Å². The minimum absolute atomic E-state index is 0.0815. The Balaban J connectivity index is 2.35. The van der Waals surface area contributed by atoms with E-state index in [2.05, 4.69) is 22.3 Å². The summed E-state index contributed by atoms with van der Waals surface area (Å²) in [5, 5.41) is 26.7. The Morgan fingerprint density at radius 3 is 3.12 bits per heavy atom. The number of aliphatic hydroxyl groups is 1. The fraction of sp³-hybridized carbons (Fsp3) is 0.500. The van der Waals surface area contributed by atoms with Gasteiger partial charge in [0.1, 0.15) is 12.4 Å². The van der Waals surface area contributed by atoms with Crippen molar-refractivity contribution in [3.05, 3.63) is 22.5 Å². The Morgan fingerprint density at radius 2 is 2.53 bits per heavy atom. The van der Waals surface area contributed by atoms with Gasteiger partial charge >= 0.3 is 5.69 Å². The van der Waals surface area contributed by atoms with Crippen LogP contribution in [0.5, 0.6) is 0 Å². The molecule has 7 heteroatoms. The number of hydrogen-bond acceptors (Lipinski definition) is 5. The van der Waals surface area contributed by atoms with Gasteiger partial charge in [-0.3, -0.25) is 14.8 Å². The van der Waals surface area contributed by atoms with Gasteiger partial charge in [0.15, 0.2) is 0 Å². The van der Waals surface area contributed by atoms with Gasteiger partial charge in [0, 0.05) is 6.54 Å². The molecule has 0 aliphatic heterocycles. The predicted molar refractivity (Wildman–Crippen MR) is 61.2 cm³/mol. The van der Waals surface area contributed by atoms with E-state index in [4.69, 9.17) is 0 Å². The van der Waals surface area contributed by atoms with Crippen LogP contribution in [-0.2, 0) is 6.54 Å². The highest BCUT2D eigenvalue weighted by atomic mass is 16.6. The molecule has 0 saturated heterocycles. The van der Waals surface area contributed by atoms with E-state index in [9.17, 15) is 15.2 Å². The van der Waals surface area contributed by atoms with Crippen LogP contribution in [0.15, 0.2) is 12.4 Å². The molecule has 2 N–H and O–H groups in total. The van der Waals surface area contributed by atoms with E-state index in [-0.39, 0.29) is 12.2 Å². The molecule has 0 bridgehead atoms. The normalized spacial score (nSPS) is 11.6. The molecular formula is C10H14N4O3. The second-order valence-corrected chi connectivity index (χ2v) is 3.39. The first-order valence-electron chi connectivity index (χ1n) is 5.08. The lowest BCUT2D eigenvalue weighted by atomic mass is 10.3. The van der Waals surface area contributed by atoms with Gasteiger partial charge in [-0.2, -0.15) is 5.10 Å². The SMILES string of the molecule is CC#CCNCC(O)Cn1cc([N+](=O)[O-])cn1. The second-order valence-electron chi connectivity index (χ2n) is 3.39. The van der Waals surface area contributed by atoms with Crippen LogP contribution >= 0.6 is 0 Å². The van der Waals surface area contributed by atoms with Crippen molar-refractivity contribution >= 4 is 5.69 Å². The van der Waals surface area contributed by atoms with E-state index < -0.39 is 11.0 Å². The molecule has 0 aliphatic rings. The zero-order valence-corrected chi connectivity index (χ0v) is 9.46. The lowest BCUT2D eigenvalue weighted by Crippen LogP contribution is -2.30. The number of aromatic nitrogens is 2. The van der Waals surface area contributed by atoms with Crippen molar-refractivity contribution < 1.29 is 10.0 Å². The van der Waals surface area contributed by atoms with Gasteiger partial charge in [0.05, 0.1) is 24.1 Å². The van der Waals surface area contributed by atoms with E-state index in [0.29, 0.717) is 13.1 Å². The van der Waals surface area contributed by atoms with Crippen molar-refractivity contribution in [3.8, 4) is 11.8 Å². The van der Waals surface area contributed by atoms with Gasteiger partial charge in [-0.15, -0.1) is 5.92 Å². The van der Waals surface area contributed by atoms with Crippen LogP contribution in [0.3, 0.4) is 0 Å². The molecule has 1 heterocycles. The summed E-state index contributed by atoms with van der Waals surface area (Å²) < 4.78 is 1.34. The quantitative estimate of drug-likeness (QED) is 0.309. The minimum atomic E-state index is -0.659. The number of hydrogen-bond donors (Lipinski definition) is 2. The number of nitrogens with zero attached hydrogens (tertiary/aromatic N) is 3. The molecule has 1 aromatic heterocycles. The second kappa shape index (κ2) is 6.62. The molecule has 0 saturated carbocycles. The molecule has 0 aliphatic carbocycles. The van der Waals surface area contributed by atoms with E-state index >= 15 is 0 Å². The molecule has 1 atom stereocenters. The molecule has 92 valence electrons. The molecule has 7 nitrogen and oxygen atoms in total. The van der Waals surface area contributed by atoms with Gasteiger partial charge in [-0.05, 0) is 6.92 Å². The van der Waals surface area contributed by atoms with Gasteiger partial charge in [-0.1, -0.05) is 5.92 Å². The van der Waals surface area contributed by atoms with Crippen LogP contribution in [-0.4, -0.2) is 39.0 Å². The highest BCUT2D eigenvalue weighted by molar-refractivity contribution is 5.20. The Kier molecular flexibility index (Phi) is 5.13. The summed E-state index contributed by atoms with van der Waals surface area (Å²) in [6, 6.07) is 0. The van der Waals surface area contributed by atoms with Crippen LogP contribution in [0.25, 0.3) is 0 Å². The molecule has 1 rings (SSSR count). The maximum atomic E-state index is 10.4. The zero-order chi connectivity index (χ0) is 12.7. The number of rotatable bonds is 6. The zero-order valence-electron chi connectivity index (χ0n) is 9.46. The summed E-state index contributed by atoms with van der Waals surface area (Å²) in [5.41, 5.74) is -0.0815. The lowest BCUT2D eigenvalue weighted by Gasteiger charge is -2.09. The van der Waals surface area contributed by atoms with Gasteiger partial charge in [0.2, 0.25) is 0 Å². The number of nitro groups is 1. The maximum absolute atomic E-state index is 10.4. The Hall–Kier alpha value is -1.91. The average Bonchev–Trinajstić information content (AvgIpc) is 2.73. The highest BCUT2D eigenvalue weighted by Crippen LogP contribution is 2.07. The average molecular weight is 238 g/mol. The molecule has 0 fully saturated rings. The molecule has 1 aromatic rings. The van der Waals surface area contributed by atoms with Crippen molar-refractivity contribution in [3.63, 3.8) is 0 Å². The Bertz CT molecular complexity index is 432. The standard InChI is InChI=1S/C10H14N4O3/c1-2-3-4-11-6-10(15)8-13-7-9(5-12-13)14(16)17/h5,7,10-11,15H,4,6,8H2,1H3. The first-order valence-corrected chi connectivity index (χ1v) is 5.08. The summed E-state index contributed by atoms with van der Waals surface area (Å²) in [6.07, 6.45) is 1.78. The topological polar surface area (TPSA) is 93.2 Å². The molecule has 17 heavy (non-hydrogen) atoms. The molecule has 0 amide bonds. The van der Waals surface area contributed by atoms with Gasteiger partial charge < -0.3 is 10.4 Å².